The van der Waals surface area contributed by atoms with Crippen molar-refractivity contribution in [3.8, 4) is 0 Å². The zero-order valence-electron chi connectivity index (χ0n) is 18.2. The Morgan fingerprint density at radius 1 is 1.34 bits per heavy atom. The summed E-state index contributed by atoms with van der Waals surface area (Å²) in [7, 11) is 1.67. The number of carbonyl (C=O) groups excluding carboxylic acids is 3. The molecule has 0 aromatic carbocycles. The monoisotopic (exact) mass is 398 g/mol. The molecule has 1 fully saturated rings. The Hall–Kier alpha value is -2.01. The van der Waals surface area contributed by atoms with E-state index in [1.807, 2.05) is 6.92 Å². The van der Waals surface area contributed by atoms with Crippen LogP contribution in [0.5, 0.6) is 0 Å². The van der Waals surface area contributed by atoms with E-state index < -0.39 is 10.8 Å². The van der Waals surface area contributed by atoms with Crippen molar-refractivity contribution in [2.45, 2.75) is 59.3 Å². The van der Waals surface area contributed by atoms with Crippen LogP contribution in [-0.4, -0.2) is 31.1 Å². The number of fused-ring (bicyclic) bond motifs is 3. The number of furan rings is 1. The molecule has 0 aliphatic heterocycles. The lowest BCUT2D eigenvalue weighted by atomic mass is 9.51. The van der Waals surface area contributed by atoms with E-state index in [2.05, 4.69) is 20.8 Å². The van der Waals surface area contributed by atoms with E-state index in [1.165, 1.54) is 13.2 Å². The second-order valence-electron chi connectivity index (χ2n) is 9.66. The quantitative estimate of drug-likeness (QED) is 0.696. The molecule has 1 aromatic heterocycles. The van der Waals surface area contributed by atoms with Gasteiger partial charge < -0.3 is 9.15 Å². The first-order chi connectivity index (χ1) is 13.6. The first-order valence-corrected chi connectivity index (χ1v) is 10.5. The fourth-order valence-electron chi connectivity index (χ4n) is 6.54. The number of rotatable bonds is 4. The van der Waals surface area contributed by atoms with Crippen LogP contribution in [0.1, 0.15) is 80.4 Å². The van der Waals surface area contributed by atoms with Crippen LogP contribution in [0, 0.1) is 23.2 Å². The van der Waals surface area contributed by atoms with Gasteiger partial charge in [0.2, 0.25) is 5.78 Å². The molecule has 1 unspecified atom stereocenters. The first kappa shape index (κ1) is 20.3. The van der Waals surface area contributed by atoms with Crippen molar-refractivity contribution in [3.05, 3.63) is 34.3 Å². The largest absolute Gasteiger partial charge is 0.460 e. The SMILES string of the molecule is COC[C@@H](C)[C@]1(C)C2=C(C(=O)c3occ(C(C)=O)c31)[C@@H]1CCC(=O)[C@@]1(C)CC2C. The normalized spacial score (nSPS) is 34.7. The van der Waals surface area contributed by atoms with Crippen LogP contribution < -0.4 is 0 Å². The molecule has 1 aromatic rings. The van der Waals surface area contributed by atoms with Crippen LogP contribution in [-0.2, 0) is 14.9 Å². The summed E-state index contributed by atoms with van der Waals surface area (Å²) in [6.45, 7) is 10.4. The topological polar surface area (TPSA) is 73.6 Å². The average molecular weight is 398 g/mol. The number of ether oxygens (including phenoxy) is 1. The first-order valence-electron chi connectivity index (χ1n) is 10.5. The van der Waals surface area contributed by atoms with E-state index in [0.29, 0.717) is 30.6 Å². The van der Waals surface area contributed by atoms with Crippen LogP contribution >= 0.6 is 0 Å². The average Bonchev–Trinajstić information content (AvgIpc) is 3.22. The van der Waals surface area contributed by atoms with E-state index in [-0.39, 0.29) is 40.9 Å². The van der Waals surface area contributed by atoms with Crippen LogP contribution in [0.2, 0.25) is 0 Å². The molecule has 156 valence electrons. The van der Waals surface area contributed by atoms with Crippen molar-refractivity contribution in [1.29, 1.82) is 0 Å². The van der Waals surface area contributed by atoms with Gasteiger partial charge in [-0.2, -0.15) is 0 Å². The predicted octanol–water partition coefficient (Wildman–Crippen LogP) is 4.54. The van der Waals surface area contributed by atoms with Crippen molar-refractivity contribution in [1.82, 2.24) is 0 Å². The van der Waals surface area contributed by atoms with Gasteiger partial charge in [0.25, 0.3) is 0 Å². The van der Waals surface area contributed by atoms with Gasteiger partial charge in [0.1, 0.15) is 12.0 Å². The number of ketones is 3. The van der Waals surface area contributed by atoms with Gasteiger partial charge in [0.15, 0.2) is 11.5 Å². The van der Waals surface area contributed by atoms with Crippen LogP contribution in [0.4, 0.5) is 0 Å². The lowest BCUT2D eigenvalue weighted by Gasteiger charge is -2.51. The molecule has 5 atom stereocenters. The van der Waals surface area contributed by atoms with Gasteiger partial charge >= 0.3 is 0 Å². The van der Waals surface area contributed by atoms with Gasteiger partial charge in [-0.3, -0.25) is 14.4 Å². The number of carbonyl (C=O) groups is 3. The van der Waals surface area contributed by atoms with Gasteiger partial charge in [0.05, 0.1) is 5.56 Å². The third-order valence-electron chi connectivity index (χ3n) is 8.03. The summed E-state index contributed by atoms with van der Waals surface area (Å²) in [6, 6.07) is 0. The molecule has 0 amide bonds. The molecule has 1 saturated carbocycles. The Bertz CT molecular complexity index is 950. The summed E-state index contributed by atoms with van der Waals surface area (Å²) in [6.07, 6.45) is 3.40. The van der Waals surface area contributed by atoms with E-state index in [9.17, 15) is 14.4 Å². The summed E-state index contributed by atoms with van der Waals surface area (Å²) < 4.78 is 11.2. The van der Waals surface area contributed by atoms with E-state index in [0.717, 1.165) is 17.6 Å². The molecular weight excluding hydrogens is 368 g/mol. The minimum Gasteiger partial charge on any atom is -0.460 e. The van der Waals surface area contributed by atoms with E-state index in [1.54, 1.807) is 7.11 Å². The molecule has 0 bridgehead atoms. The zero-order chi connectivity index (χ0) is 21.3. The smallest absolute Gasteiger partial charge is 0.224 e. The molecule has 0 N–H and O–H groups in total. The third-order valence-corrected chi connectivity index (χ3v) is 8.03. The molecule has 5 heteroatoms. The van der Waals surface area contributed by atoms with E-state index in [4.69, 9.17) is 9.15 Å². The highest BCUT2D eigenvalue weighted by molar-refractivity contribution is 6.14. The Kier molecular flexibility index (Phi) is 4.54. The van der Waals surface area contributed by atoms with Gasteiger partial charge in [-0.1, -0.05) is 27.7 Å². The van der Waals surface area contributed by atoms with Gasteiger partial charge in [-0.25, -0.2) is 0 Å². The van der Waals surface area contributed by atoms with Crippen molar-refractivity contribution in [3.63, 3.8) is 0 Å². The summed E-state index contributed by atoms with van der Waals surface area (Å²) in [5, 5.41) is 0. The maximum atomic E-state index is 13.7. The minimum absolute atomic E-state index is 0.0314. The molecule has 3 aliphatic carbocycles. The number of allylic oxidation sites excluding steroid dienone is 2. The molecule has 1 heterocycles. The van der Waals surface area contributed by atoms with Crippen molar-refractivity contribution < 1.29 is 23.5 Å². The zero-order valence-corrected chi connectivity index (χ0v) is 18.2. The van der Waals surface area contributed by atoms with Crippen LogP contribution in [0.15, 0.2) is 21.8 Å². The summed E-state index contributed by atoms with van der Waals surface area (Å²) in [4.78, 5) is 38.9. The maximum absolute atomic E-state index is 13.7. The van der Waals surface area contributed by atoms with Crippen molar-refractivity contribution in [2.24, 2.45) is 23.2 Å². The molecule has 29 heavy (non-hydrogen) atoms. The molecule has 3 aliphatic rings. The molecule has 0 saturated heterocycles. The van der Waals surface area contributed by atoms with Crippen LogP contribution in [0.25, 0.3) is 0 Å². The highest BCUT2D eigenvalue weighted by Gasteiger charge is 2.60. The lowest BCUT2D eigenvalue weighted by Crippen LogP contribution is -2.49. The fourth-order valence-corrected chi connectivity index (χ4v) is 6.54. The lowest BCUT2D eigenvalue weighted by molar-refractivity contribution is -0.127. The number of hydrogen-bond donors (Lipinski definition) is 0. The number of hydrogen-bond acceptors (Lipinski definition) is 5. The minimum atomic E-state index is -0.561. The van der Waals surface area contributed by atoms with Crippen molar-refractivity contribution in [2.75, 3.05) is 13.7 Å². The Morgan fingerprint density at radius 2 is 2.03 bits per heavy atom. The molecule has 5 nitrogen and oxygen atoms in total. The van der Waals surface area contributed by atoms with Crippen LogP contribution in [0.3, 0.4) is 0 Å². The summed E-state index contributed by atoms with van der Waals surface area (Å²) in [5.41, 5.74) is 1.98. The fraction of sp³-hybridized carbons (Fsp3) is 0.625. The third kappa shape index (κ3) is 2.46. The second-order valence-corrected chi connectivity index (χ2v) is 9.66. The molecular formula is C24H30O5. The van der Waals surface area contributed by atoms with Crippen molar-refractivity contribution >= 4 is 17.3 Å². The Balaban J connectivity index is 2.04. The highest BCUT2D eigenvalue weighted by atomic mass is 16.5. The van der Waals surface area contributed by atoms with Gasteiger partial charge in [-0.15, -0.1) is 0 Å². The highest BCUT2D eigenvalue weighted by Crippen LogP contribution is 2.61. The standard InChI is InChI=1S/C24H30O5/c1-12-9-23(4)16(7-8-17(23)26)18-19(12)24(5,13(2)10-28-6)20-15(14(3)25)11-29-22(20)21(18)27/h11-13,16H,7-10H2,1-6H3/t12?,13-,16+,23+,24-/m1/s1. The second kappa shape index (κ2) is 6.49. The number of Topliss-reactive ketones (excluding diaryl/α,β-unsaturated/α-hetero) is 3. The van der Waals surface area contributed by atoms with Gasteiger partial charge in [0, 0.05) is 48.0 Å². The molecule has 0 radical (unpaired) electrons. The van der Waals surface area contributed by atoms with Gasteiger partial charge in [-0.05, 0) is 37.2 Å². The maximum Gasteiger partial charge on any atom is 0.224 e. The summed E-state index contributed by atoms with van der Waals surface area (Å²) in [5.74, 6) is 0.300. The predicted molar refractivity (Wildman–Crippen MR) is 108 cm³/mol. The Morgan fingerprint density at radius 3 is 2.66 bits per heavy atom. The van der Waals surface area contributed by atoms with E-state index >= 15 is 0 Å². The Labute approximate surface area is 171 Å². The summed E-state index contributed by atoms with van der Waals surface area (Å²) >= 11 is 0. The molecule has 4 rings (SSSR count). The molecule has 0 spiro atoms. The number of methoxy groups -OCH3 is 1.